The Bertz CT molecular complexity index is 1130. The molecule has 0 aliphatic carbocycles. The van der Waals surface area contributed by atoms with Gasteiger partial charge in [-0.05, 0) is 42.3 Å². The molecule has 4 N–H and O–H groups in total. The van der Waals surface area contributed by atoms with E-state index in [0.29, 0.717) is 31.1 Å². The fraction of sp³-hybridized carbons (Fsp3) is 0.259. The number of amidine groups is 1. The predicted molar refractivity (Wildman–Crippen MR) is 132 cm³/mol. The van der Waals surface area contributed by atoms with Gasteiger partial charge >= 0.3 is 0 Å². The molecule has 0 fully saturated rings. The van der Waals surface area contributed by atoms with Crippen molar-refractivity contribution in [3.8, 4) is 11.5 Å². The van der Waals surface area contributed by atoms with Gasteiger partial charge in [-0.15, -0.1) is 0 Å². The van der Waals surface area contributed by atoms with Crippen LogP contribution in [-0.2, 0) is 16.1 Å². The Hall–Kier alpha value is -3.88. The Kier molecular flexibility index (Phi) is 7.97. The maximum atomic E-state index is 11.8. The zero-order valence-electron chi connectivity index (χ0n) is 19.5. The lowest BCUT2D eigenvalue weighted by Gasteiger charge is -2.18. The number of carbonyl (C=O) groups is 1. The molecule has 0 saturated heterocycles. The number of aliphatic hydroxyl groups is 1. The monoisotopic (exact) mass is 475 g/mol. The van der Waals surface area contributed by atoms with Gasteiger partial charge in [0.2, 0.25) is 6.10 Å². The minimum absolute atomic E-state index is 0.00532. The van der Waals surface area contributed by atoms with Gasteiger partial charge in [-0.1, -0.05) is 54.6 Å². The van der Waals surface area contributed by atoms with Crippen LogP contribution in [0.3, 0.4) is 0 Å². The maximum Gasteiger partial charge on any atom is 0.296 e. The van der Waals surface area contributed by atoms with Crippen molar-refractivity contribution in [2.75, 3.05) is 13.2 Å². The van der Waals surface area contributed by atoms with Crippen LogP contribution in [0.5, 0.6) is 11.5 Å². The van der Waals surface area contributed by atoms with Crippen LogP contribution in [0.2, 0.25) is 0 Å². The number of aliphatic imine (C=N–C) groups is 1. The van der Waals surface area contributed by atoms with E-state index in [2.05, 4.69) is 10.3 Å². The Morgan fingerprint density at radius 2 is 1.66 bits per heavy atom. The van der Waals surface area contributed by atoms with Gasteiger partial charge in [0.15, 0.2) is 0 Å². The number of amides is 1. The van der Waals surface area contributed by atoms with Crippen molar-refractivity contribution in [3.05, 3.63) is 95.6 Å². The van der Waals surface area contributed by atoms with E-state index in [1.807, 2.05) is 61.5 Å². The summed E-state index contributed by atoms with van der Waals surface area (Å²) in [7, 11) is 0. The van der Waals surface area contributed by atoms with Gasteiger partial charge in [-0.3, -0.25) is 4.79 Å². The summed E-state index contributed by atoms with van der Waals surface area (Å²) < 4.78 is 16.8. The second kappa shape index (κ2) is 11.5. The summed E-state index contributed by atoms with van der Waals surface area (Å²) in [4.78, 5) is 15.3. The summed E-state index contributed by atoms with van der Waals surface area (Å²) in [5, 5.41) is 13.8. The van der Waals surface area contributed by atoms with Crippen LogP contribution in [0.15, 0.2) is 83.9 Å². The summed E-state index contributed by atoms with van der Waals surface area (Å²) in [6, 6.07) is 24.4. The highest BCUT2D eigenvalue weighted by molar-refractivity contribution is 5.98. The van der Waals surface area contributed by atoms with Crippen molar-refractivity contribution in [1.82, 2.24) is 5.32 Å². The number of aliphatic hydroxyl groups excluding tert-OH is 1. The zero-order chi connectivity index (χ0) is 24.6. The van der Waals surface area contributed by atoms with Crippen molar-refractivity contribution in [2.24, 2.45) is 10.7 Å². The van der Waals surface area contributed by atoms with E-state index in [1.165, 1.54) is 0 Å². The Labute approximate surface area is 204 Å². The van der Waals surface area contributed by atoms with E-state index in [4.69, 9.17) is 19.9 Å². The lowest BCUT2D eigenvalue weighted by Crippen LogP contribution is -2.34. The molecule has 3 unspecified atom stereocenters. The number of hydrogen-bond donors (Lipinski definition) is 3. The Morgan fingerprint density at radius 3 is 2.31 bits per heavy atom. The first-order valence-electron chi connectivity index (χ1n) is 11.4. The van der Waals surface area contributed by atoms with Crippen LogP contribution in [0.25, 0.3) is 0 Å². The third kappa shape index (κ3) is 6.81. The quantitative estimate of drug-likeness (QED) is 0.390. The van der Waals surface area contributed by atoms with Crippen LogP contribution in [0, 0.1) is 0 Å². The topological polar surface area (TPSA) is 115 Å². The third-order valence-electron chi connectivity index (χ3n) is 5.54. The predicted octanol–water partition coefficient (Wildman–Crippen LogP) is 3.27. The molecule has 0 spiro atoms. The molecule has 8 heteroatoms. The molecule has 0 saturated carbocycles. The second-order valence-corrected chi connectivity index (χ2v) is 8.33. The normalized spacial score (nSPS) is 16.8. The molecule has 0 radical (unpaired) electrons. The first-order valence-corrected chi connectivity index (χ1v) is 11.4. The number of nitrogens with zero attached hydrogens (tertiary/aromatic N) is 1. The molecule has 8 nitrogen and oxygen atoms in total. The van der Waals surface area contributed by atoms with E-state index in [9.17, 15) is 9.90 Å². The van der Waals surface area contributed by atoms with Crippen LogP contribution >= 0.6 is 0 Å². The van der Waals surface area contributed by atoms with E-state index in [-0.39, 0.29) is 12.1 Å². The summed E-state index contributed by atoms with van der Waals surface area (Å²) in [6.45, 7) is 3.27. The maximum absolute atomic E-state index is 11.8. The zero-order valence-corrected chi connectivity index (χ0v) is 19.5. The fourth-order valence-electron chi connectivity index (χ4n) is 3.55. The molecule has 0 aromatic heterocycles. The Morgan fingerprint density at radius 1 is 1.00 bits per heavy atom. The van der Waals surface area contributed by atoms with Crippen LogP contribution in [0.4, 0.5) is 0 Å². The molecular formula is C27H29N3O5. The van der Waals surface area contributed by atoms with E-state index >= 15 is 0 Å². The molecule has 3 atom stereocenters. The minimum Gasteiger partial charge on any atom is -0.492 e. The third-order valence-corrected chi connectivity index (χ3v) is 5.54. The van der Waals surface area contributed by atoms with Crippen LogP contribution < -0.4 is 20.5 Å². The molecule has 1 amide bonds. The SMILES string of the molecule is CC(COc1ccc(C2OC(N)=NC2=O)cc1)NCC(O)c1ccc(OCc2ccccc2)cc1. The molecule has 1 aliphatic rings. The van der Waals surface area contributed by atoms with Gasteiger partial charge in [0, 0.05) is 18.2 Å². The molecule has 4 rings (SSSR count). The van der Waals surface area contributed by atoms with E-state index in [0.717, 1.165) is 16.9 Å². The number of nitrogens with two attached hydrogens (primary N) is 1. The number of hydrogen-bond acceptors (Lipinski definition) is 7. The van der Waals surface area contributed by atoms with Crippen molar-refractivity contribution >= 4 is 11.9 Å². The molecule has 3 aromatic carbocycles. The molecular weight excluding hydrogens is 446 g/mol. The first-order chi connectivity index (χ1) is 17.0. The summed E-state index contributed by atoms with van der Waals surface area (Å²) in [6.07, 6.45) is -1.45. The number of benzene rings is 3. The number of rotatable bonds is 11. The lowest BCUT2D eigenvalue weighted by molar-refractivity contribution is -0.122. The summed E-state index contributed by atoms with van der Waals surface area (Å²) in [5.41, 5.74) is 8.02. The molecule has 35 heavy (non-hydrogen) atoms. The van der Waals surface area contributed by atoms with Crippen LogP contribution in [-0.4, -0.2) is 36.2 Å². The number of ether oxygens (including phenoxy) is 3. The highest BCUT2D eigenvalue weighted by atomic mass is 16.5. The summed E-state index contributed by atoms with van der Waals surface area (Å²) >= 11 is 0. The largest absolute Gasteiger partial charge is 0.492 e. The minimum atomic E-state index is -0.796. The molecule has 0 bridgehead atoms. The van der Waals surface area contributed by atoms with Gasteiger partial charge in [-0.25, -0.2) is 0 Å². The fourth-order valence-corrected chi connectivity index (χ4v) is 3.55. The van der Waals surface area contributed by atoms with E-state index < -0.39 is 18.1 Å². The second-order valence-electron chi connectivity index (χ2n) is 8.33. The number of carbonyl (C=O) groups excluding carboxylic acids is 1. The van der Waals surface area contributed by atoms with Crippen molar-refractivity contribution in [2.45, 2.75) is 31.8 Å². The molecule has 182 valence electrons. The summed E-state index contributed by atoms with van der Waals surface area (Å²) in [5.74, 6) is 1.00. The van der Waals surface area contributed by atoms with Crippen LogP contribution in [0.1, 0.15) is 35.8 Å². The van der Waals surface area contributed by atoms with Gasteiger partial charge in [0.1, 0.15) is 24.7 Å². The van der Waals surface area contributed by atoms with Gasteiger partial charge in [0.25, 0.3) is 11.9 Å². The highest BCUT2D eigenvalue weighted by Crippen LogP contribution is 2.25. The van der Waals surface area contributed by atoms with Crippen molar-refractivity contribution < 1.29 is 24.1 Å². The molecule has 1 heterocycles. The van der Waals surface area contributed by atoms with Crippen molar-refractivity contribution in [1.29, 1.82) is 0 Å². The highest BCUT2D eigenvalue weighted by Gasteiger charge is 2.29. The first kappa shape index (κ1) is 24.3. The average molecular weight is 476 g/mol. The lowest BCUT2D eigenvalue weighted by atomic mass is 10.1. The van der Waals surface area contributed by atoms with E-state index in [1.54, 1.807) is 24.3 Å². The molecule has 3 aromatic rings. The van der Waals surface area contributed by atoms with Gasteiger partial charge in [-0.2, -0.15) is 4.99 Å². The smallest absolute Gasteiger partial charge is 0.296 e. The van der Waals surface area contributed by atoms with Crippen molar-refractivity contribution in [3.63, 3.8) is 0 Å². The Balaban J connectivity index is 1.18. The molecule has 1 aliphatic heterocycles. The average Bonchev–Trinajstić information content (AvgIpc) is 3.23. The van der Waals surface area contributed by atoms with Gasteiger partial charge in [0.05, 0.1) is 6.10 Å². The standard InChI is InChI=1S/C27H29N3O5/c1-18(16-33-22-13-9-21(10-14-22)25-26(32)30-27(28)35-25)29-15-24(31)20-7-11-23(12-8-20)34-17-19-5-3-2-4-6-19/h2-14,18,24-25,29,31H,15-17H2,1H3,(H2,28,30,32). The van der Waals surface area contributed by atoms with Gasteiger partial charge < -0.3 is 30.4 Å². The number of nitrogens with one attached hydrogen (secondary N) is 1.